The fraction of sp³-hybridized carbons (Fsp3) is 0.375. The van der Waals surface area contributed by atoms with E-state index in [1.807, 2.05) is 30.3 Å². The molecule has 5 nitrogen and oxygen atoms in total. The van der Waals surface area contributed by atoms with Gasteiger partial charge in [0.05, 0.1) is 19.3 Å². The van der Waals surface area contributed by atoms with Crippen LogP contribution in [0.15, 0.2) is 30.3 Å². The number of benzene rings is 1. The van der Waals surface area contributed by atoms with Gasteiger partial charge in [0.2, 0.25) is 0 Å². The Balaban J connectivity index is 2.12. The van der Waals surface area contributed by atoms with E-state index in [2.05, 4.69) is 11.8 Å². The van der Waals surface area contributed by atoms with Crippen molar-refractivity contribution in [2.45, 2.75) is 13.0 Å². The maximum Gasteiger partial charge on any atom is 0.311 e. The molecular weight excluding hydrogens is 270 g/mol. The molecule has 110 valence electrons. The molecule has 1 amide bonds. The molecule has 21 heavy (non-hydrogen) atoms. The van der Waals surface area contributed by atoms with Crippen molar-refractivity contribution in [1.29, 1.82) is 0 Å². The second-order valence-electron chi connectivity index (χ2n) is 4.76. The van der Waals surface area contributed by atoms with Crippen LogP contribution in [-0.4, -0.2) is 47.7 Å². The molecule has 0 aliphatic carbocycles. The molecule has 0 bridgehead atoms. The van der Waals surface area contributed by atoms with E-state index in [-0.39, 0.29) is 19.1 Å². The van der Waals surface area contributed by atoms with Gasteiger partial charge in [-0.15, -0.1) is 0 Å². The Hall–Kier alpha value is -2.32. The lowest BCUT2D eigenvalue weighted by atomic mass is 10.0. The lowest BCUT2D eigenvalue weighted by Gasteiger charge is -2.27. The first-order valence-corrected chi connectivity index (χ1v) is 6.81. The topological polar surface area (TPSA) is 66.8 Å². The van der Waals surface area contributed by atoms with Crippen LogP contribution in [0.3, 0.4) is 0 Å². The largest absolute Gasteiger partial charge is 0.481 e. The van der Waals surface area contributed by atoms with Gasteiger partial charge in [-0.1, -0.05) is 24.1 Å². The Kier molecular flexibility index (Phi) is 4.96. The fourth-order valence-corrected chi connectivity index (χ4v) is 2.33. The zero-order valence-corrected chi connectivity index (χ0v) is 11.8. The number of carbonyl (C=O) groups is 2. The Morgan fingerprint density at radius 2 is 2.05 bits per heavy atom. The summed E-state index contributed by atoms with van der Waals surface area (Å²) in [6.45, 7) is 2.58. The zero-order chi connectivity index (χ0) is 15.2. The Labute approximate surface area is 123 Å². The molecular formula is C16H17NO4. The minimum Gasteiger partial charge on any atom is -0.481 e. The molecule has 1 aromatic carbocycles. The minimum absolute atomic E-state index is 0.135. The van der Waals surface area contributed by atoms with Crippen LogP contribution in [0, 0.1) is 17.8 Å². The first-order valence-electron chi connectivity index (χ1n) is 6.81. The standard InChI is InChI=1S/C16H17NO4/c1-2-17(14-11-21-10-13(14)16(19)20)15(18)9-8-12-6-4-3-5-7-12/h3-7,13-14H,2,10-11H2,1H3,(H,19,20). The summed E-state index contributed by atoms with van der Waals surface area (Å²) in [6, 6.07) is 8.74. The van der Waals surface area contributed by atoms with Gasteiger partial charge in [-0.2, -0.15) is 0 Å². The van der Waals surface area contributed by atoms with Crippen molar-refractivity contribution in [1.82, 2.24) is 4.90 Å². The van der Waals surface area contributed by atoms with Crippen LogP contribution in [0.25, 0.3) is 0 Å². The number of carboxylic acids is 1. The Morgan fingerprint density at radius 1 is 1.33 bits per heavy atom. The van der Waals surface area contributed by atoms with Crippen LogP contribution in [-0.2, 0) is 14.3 Å². The first kappa shape index (κ1) is 15.1. The van der Waals surface area contributed by atoms with Crippen LogP contribution in [0.5, 0.6) is 0 Å². The predicted octanol–water partition coefficient (Wildman–Crippen LogP) is 0.986. The molecule has 1 aliphatic heterocycles. The van der Waals surface area contributed by atoms with Gasteiger partial charge in [-0.25, -0.2) is 0 Å². The average molecular weight is 287 g/mol. The monoisotopic (exact) mass is 287 g/mol. The minimum atomic E-state index is -0.945. The van der Waals surface area contributed by atoms with Crippen LogP contribution in [0.4, 0.5) is 0 Å². The van der Waals surface area contributed by atoms with Gasteiger partial charge >= 0.3 is 5.97 Å². The summed E-state index contributed by atoms with van der Waals surface area (Å²) in [5, 5.41) is 9.16. The number of ether oxygens (including phenoxy) is 1. The number of carbonyl (C=O) groups excluding carboxylic acids is 1. The second-order valence-corrected chi connectivity index (χ2v) is 4.76. The van der Waals surface area contributed by atoms with E-state index in [0.29, 0.717) is 6.54 Å². The lowest BCUT2D eigenvalue weighted by Crippen LogP contribution is -2.46. The molecule has 2 atom stereocenters. The summed E-state index contributed by atoms with van der Waals surface area (Å²) in [6.07, 6.45) is 0. The molecule has 0 aromatic heterocycles. The number of aliphatic carboxylic acids is 1. The van der Waals surface area contributed by atoms with Crippen molar-refractivity contribution in [3.05, 3.63) is 35.9 Å². The third kappa shape index (κ3) is 3.61. The third-order valence-electron chi connectivity index (χ3n) is 3.46. The molecule has 1 N–H and O–H groups in total. The van der Waals surface area contributed by atoms with Crippen LogP contribution >= 0.6 is 0 Å². The van der Waals surface area contributed by atoms with E-state index in [1.54, 1.807) is 6.92 Å². The van der Waals surface area contributed by atoms with Gasteiger partial charge in [0, 0.05) is 18.0 Å². The van der Waals surface area contributed by atoms with E-state index in [1.165, 1.54) is 4.90 Å². The third-order valence-corrected chi connectivity index (χ3v) is 3.46. The van der Waals surface area contributed by atoms with Gasteiger partial charge in [-0.05, 0) is 19.1 Å². The number of amides is 1. The summed E-state index contributed by atoms with van der Waals surface area (Å²) >= 11 is 0. The Morgan fingerprint density at radius 3 is 2.67 bits per heavy atom. The van der Waals surface area contributed by atoms with Gasteiger partial charge in [0.1, 0.15) is 5.92 Å². The molecule has 2 rings (SSSR count). The molecule has 2 unspecified atom stereocenters. The van der Waals surface area contributed by atoms with Crippen molar-refractivity contribution >= 4 is 11.9 Å². The van der Waals surface area contributed by atoms with Crippen molar-refractivity contribution in [3.8, 4) is 11.8 Å². The molecule has 5 heteroatoms. The van der Waals surface area contributed by atoms with Crippen molar-refractivity contribution in [2.75, 3.05) is 19.8 Å². The normalized spacial score (nSPS) is 20.4. The van der Waals surface area contributed by atoms with Gasteiger partial charge in [0.15, 0.2) is 0 Å². The predicted molar refractivity (Wildman–Crippen MR) is 76.4 cm³/mol. The van der Waals surface area contributed by atoms with Crippen LogP contribution in [0.2, 0.25) is 0 Å². The number of carboxylic acid groups (broad SMARTS) is 1. The van der Waals surface area contributed by atoms with E-state index < -0.39 is 17.9 Å². The summed E-state index contributed by atoms with van der Waals surface area (Å²) in [5.41, 5.74) is 0.749. The number of hydrogen-bond donors (Lipinski definition) is 1. The van der Waals surface area contributed by atoms with Gasteiger partial charge < -0.3 is 14.7 Å². The maximum absolute atomic E-state index is 12.2. The highest BCUT2D eigenvalue weighted by molar-refractivity contribution is 5.94. The van der Waals surface area contributed by atoms with Crippen LogP contribution in [0.1, 0.15) is 12.5 Å². The average Bonchev–Trinajstić information content (AvgIpc) is 2.96. The van der Waals surface area contributed by atoms with Gasteiger partial charge in [0.25, 0.3) is 5.91 Å². The van der Waals surface area contributed by atoms with Gasteiger partial charge in [-0.3, -0.25) is 9.59 Å². The molecule has 1 aliphatic rings. The highest BCUT2D eigenvalue weighted by atomic mass is 16.5. The van der Waals surface area contributed by atoms with Crippen molar-refractivity contribution in [3.63, 3.8) is 0 Å². The van der Waals surface area contributed by atoms with E-state index >= 15 is 0 Å². The number of nitrogens with zero attached hydrogens (tertiary/aromatic N) is 1. The maximum atomic E-state index is 12.2. The number of rotatable bonds is 3. The second kappa shape index (κ2) is 6.91. The number of hydrogen-bond acceptors (Lipinski definition) is 3. The highest BCUT2D eigenvalue weighted by Gasteiger charge is 2.39. The molecule has 0 saturated carbocycles. The molecule has 1 heterocycles. The lowest BCUT2D eigenvalue weighted by molar-refractivity contribution is -0.144. The summed E-state index contributed by atoms with van der Waals surface area (Å²) < 4.78 is 5.20. The highest BCUT2D eigenvalue weighted by Crippen LogP contribution is 2.20. The SMILES string of the molecule is CCN(C(=O)C#Cc1ccccc1)C1COCC1C(=O)O. The molecule has 1 saturated heterocycles. The zero-order valence-electron chi connectivity index (χ0n) is 11.8. The van der Waals surface area contributed by atoms with E-state index in [4.69, 9.17) is 9.84 Å². The van der Waals surface area contributed by atoms with E-state index in [9.17, 15) is 9.59 Å². The molecule has 0 radical (unpaired) electrons. The quantitative estimate of drug-likeness (QED) is 0.842. The number of likely N-dealkylation sites (N-methyl/N-ethyl adjacent to an activating group) is 1. The van der Waals surface area contributed by atoms with Crippen molar-refractivity contribution in [2.24, 2.45) is 5.92 Å². The molecule has 1 fully saturated rings. The molecule has 1 aromatic rings. The molecule has 0 spiro atoms. The van der Waals surface area contributed by atoms with E-state index in [0.717, 1.165) is 5.56 Å². The van der Waals surface area contributed by atoms with Crippen LogP contribution < -0.4 is 0 Å². The van der Waals surface area contributed by atoms with Crippen molar-refractivity contribution < 1.29 is 19.4 Å². The summed E-state index contributed by atoms with van der Waals surface area (Å²) in [7, 11) is 0. The fourth-order valence-electron chi connectivity index (χ4n) is 2.33. The first-order chi connectivity index (χ1) is 10.1. The summed E-state index contributed by atoms with van der Waals surface area (Å²) in [5.74, 6) is 3.37. The summed E-state index contributed by atoms with van der Waals surface area (Å²) in [4.78, 5) is 24.9. The smallest absolute Gasteiger partial charge is 0.311 e. The Bertz CT molecular complexity index is 573.